The van der Waals surface area contributed by atoms with E-state index in [9.17, 15) is 0 Å². The Labute approximate surface area is 178 Å². The van der Waals surface area contributed by atoms with Crippen molar-refractivity contribution in [1.82, 2.24) is 4.98 Å². The lowest BCUT2D eigenvalue weighted by Crippen LogP contribution is -2.33. The molecule has 0 aliphatic heterocycles. The molecule has 29 heavy (non-hydrogen) atoms. The highest BCUT2D eigenvalue weighted by molar-refractivity contribution is 7.21. The molecule has 3 aromatic rings. The van der Waals surface area contributed by atoms with Gasteiger partial charge in [0.1, 0.15) is 10.8 Å². The Hall–Kier alpha value is -2.15. The molecule has 0 amide bonds. The minimum absolute atomic E-state index is 0.0742. The van der Waals surface area contributed by atoms with Crippen LogP contribution < -0.4 is 15.8 Å². The van der Waals surface area contributed by atoms with Crippen LogP contribution in [-0.4, -0.2) is 37.4 Å². The Balaban J connectivity index is 0.000000284. The number of anilines is 1. The summed E-state index contributed by atoms with van der Waals surface area (Å²) in [7, 11) is 1.92. The number of nitrogens with zero attached hydrogens (tertiary/aromatic N) is 1. The molecule has 0 saturated heterocycles. The number of aromatic nitrogens is 1. The number of nitrogens with one attached hydrogen (secondary N) is 1. The highest BCUT2D eigenvalue weighted by Gasteiger charge is 2.09. The van der Waals surface area contributed by atoms with Crippen molar-refractivity contribution in [3.63, 3.8) is 0 Å². The van der Waals surface area contributed by atoms with Crippen molar-refractivity contribution in [2.45, 2.75) is 39.7 Å². The van der Waals surface area contributed by atoms with Crippen molar-refractivity contribution >= 4 is 27.2 Å². The monoisotopic (exact) mass is 415 g/mol. The Morgan fingerprint density at radius 2 is 1.79 bits per heavy atom. The molecule has 0 fully saturated rings. The van der Waals surface area contributed by atoms with Gasteiger partial charge in [0.15, 0.2) is 0 Å². The third-order valence-corrected chi connectivity index (χ3v) is 5.25. The van der Waals surface area contributed by atoms with E-state index in [-0.39, 0.29) is 5.54 Å². The van der Waals surface area contributed by atoms with Crippen molar-refractivity contribution < 1.29 is 9.47 Å². The van der Waals surface area contributed by atoms with Crippen molar-refractivity contribution in [2.24, 2.45) is 5.73 Å². The van der Waals surface area contributed by atoms with E-state index in [0.717, 1.165) is 51.9 Å². The average molecular weight is 416 g/mol. The van der Waals surface area contributed by atoms with Gasteiger partial charge in [0, 0.05) is 37.1 Å². The van der Waals surface area contributed by atoms with E-state index in [1.165, 1.54) is 0 Å². The molecule has 3 rings (SSSR count). The third-order valence-electron chi connectivity index (χ3n) is 4.19. The molecule has 0 aliphatic carbocycles. The smallest absolute Gasteiger partial charge is 0.124 e. The molecular weight excluding hydrogens is 382 g/mol. The van der Waals surface area contributed by atoms with Crippen LogP contribution in [0.4, 0.5) is 5.69 Å². The minimum atomic E-state index is -0.0742. The maximum atomic E-state index is 5.70. The Morgan fingerprint density at radius 1 is 1.07 bits per heavy atom. The van der Waals surface area contributed by atoms with Gasteiger partial charge in [-0.1, -0.05) is 0 Å². The number of nitrogens with two attached hydrogens (primary N) is 1. The van der Waals surface area contributed by atoms with Gasteiger partial charge in [-0.25, -0.2) is 4.98 Å². The van der Waals surface area contributed by atoms with Crippen LogP contribution in [0.1, 0.15) is 34.1 Å². The van der Waals surface area contributed by atoms with E-state index in [0.29, 0.717) is 6.61 Å². The van der Waals surface area contributed by atoms with Gasteiger partial charge >= 0.3 is 0 Å². The first-order chi connectivity index (χ1) is 13.9. The van der Waals surface area contributed by atoms with E-state index in [1.54, 1.807) is 11.3 Å². The normalized spacial score (nSPS) is 11.1. The lowest BCUT2D eigenvalue weighted by Gasteiger charge is -2.17. The fourth-order valence-corrected chi connectivity index (χ4v) is 3.54. The summed E-state index contributed by atoms with van der Waals surface area (Å²) >= 11 is 1.69. The second kappa shape index (κ2) is 11.1. The zero-order valence-electron chi connectivity index (χ0n) is 18.1. The van der Waals surface area contributed by atoms with Gasteiger partial charge in [-0.2, -0.15) is 0 Å². The standard InChI is InChI=1S/C16H16N2OS.C7H17NO/c1-3-19-13-8-9-14-15(10-13)20-16(18-14)11-4-6-12(17-2)7-5-11;1-4-9-6-5-7(2,3)8/h4-10,17H,3H2,1-2H3;4-6,8H2,1-3H3. The van der Waals surface area contributed by atoms with Crippen LogP contribution in [0.15, 0.2) is 42.5 Å². The predicted octanol–water partition coefficient (Wildman–Crippen LogP) is 5.55. The summed E-state index contributed by atoms with van der Waals surface area (Å²) in [6.07, 6.45) is 0.931. The number of thiazole rings is 1. The number of hydrogen-bond donors (Lipinski definition) is 2. The molecule has 0 radical (unpaired) electrons. The second-order valence-corrected chi connectivity index (χ2v) is 8.38. The van der Waals surface area contributed by atoms with Crippen LogP contribution in [0.25, 0.3) is 20.8 Å². The molecule has 0 aliphatic rings. The van der Waals surface area contributed by atoms with Crippen LogP contribution in [0, 0.1) is 0 Å². The maximum absolute atomic E-state index is 5.70. The molecule has 0 atom stereocenters. The first-order valence-corrected chi connectivity index (χ1v) is 10.9. The van der Waals surface area contributed by atoms with Gasteiger partial charge in [0.25, 0.3) is 0 Å². The summed E-state index contributed by atoms with van der Waals surface area (Å²) in [6.45, 7) is 10.2. The molecule has 6 heteroatoms. The number of rotatable bonds is 8. The quantitative estimate of drug-likeness (QED) is 0.472. The Kier molecular flexibility index (Phi) is 8.89. The molecule has 1 heterocycles. The molecule has 0 spiro atoms. The number of ether oxygens (including phenoxy) is 2. The van der Waals surface area contributed by atoms with Gasteiger partial charge in [-0.3, -0.25) is 0 Å². The number of hydrogen-bond acceptors (Lipinski definition) is 6. The van der Waals surface area contributed by atoms with Crippen LogP contribution >= 0.6 is 11.3 Å². The zero-order chi connectivity index (χ0) is 21.3. The Bertz CT molecular complexity index is 870. The van der Waals surface area contributed by atoms with Crippen molar-refractivity contribution in [2.75, 3.05) is 32.2 Å². The van der Waals surface area contributed by atoms with Crippen LogP contribution in [0.3, 0.4) is 0 Å². The van der Waals surface area contributed by atoms with Crippen LogP contribution in [0.2, 0.25) is 0 Å². The summed E-state index contributed by atoms with van der Waals surface area (Å²) in [5.41, 5.74) is 8.89. The third kappa shape index (κ3) is 7.65. The maximum Gasteiger partial charge on any atom is 0.124 e. The highest BCUT2D eigenvalue weighted by atomic mass is 32.1. The summed E-state index contributed by atoms with van der Waals surface area (Å²) < 4.78 is 11.8. The molecule has 0 unspecified atom stereocenters. The lowest BCUT2D eigenvalue weighted by atomic mass is 10.0. The van der Waals surface area contributed by atoms with Crippen molar-refractivity contribution in [1.29, 1.82) is 0 Å². The van der Waals surface area contributed by atoms with Gasteiger partial charge in [0.05, 0.1) is 16.8 Å². The molecule has 3 N–H and O–H groups in total. The molecule has 1 aromatic heterocycles. The van der Waals surface area contributed by atoms with E-state index >= 15 is 0 Å². The molecule has 0 saturated carbocycles. The van der Waals surface area contributed by atoms with E-state index in [1.807, 2.05) is 46.9 Å². The summed E-state index contributed by atoms with van der Waals surface area (Å²) in [4.78, 5) is 4.68. The summed E-state index contributed by atoms with van der Waals surface area (Å²) in [5.74, 6) is 0.903. The molecule has 2 aromatic carbocycles. The second-order valence-electron chi connectivity index (χ2n) is 7.34. The van der Waals surface area contributed by atoms with Crippen LogP contribution in [-0.2, 0) is 4.74 Å². The van der Waals surface area contributed by atoms with E-state index in [2.05, 4.69) is 40.6 Å². The van der Waals surface area contributed by atoms with Crippen LogP contribution in [0.5, 0.6) is 5.75 Å². The average Bonchev–Trinajstić information content (AvgIpc) is 3.11. The highest BCUT2D eigenvalue weighted by Crippen LogP contribution is 2.32. The number of fused-ring (bicyclic) bond motifs is 1. The van der Waals surface area contributed by atoms with Crippen molar-refractivity contribution in [3.8, 4) is 16.3 Å². The predicted molar refractivity (Wildman–Crippen MR) is 125 cm³/mol. The summed E-state index contributed by atoms with van der Waals surface area (Å²) in [6, 6.07) is 14.4. The van der Waals surface area contributed by atoms with Gasteiger partial charge < -0.3 is 20.5 Å². The fraction of sp³-hybridized carbons (Fsp3) is 0.435. The molecule has 0 bridgehead atoms. The molecule has 5 nitrogen and oxygen atoms in total. The van der Waals surface area contributed by atoms with E-state index in [4.69, 9.17) is 15.2 Å². The van der Waals surface area contributed by atoms with Gasteiger partial charge in [-0.15, -0.1) is 11.3 Å². The van der Waals surface area contributed by atoms with Crippen molar-refractivity contribution in [3.05, 3.63) is 42.5 Å². The topological polar surface area (TPSA) is 69.4 Å². The van der Waals surface area contributed by atoms with Gasteiger partial charge in [-0.05, 0) is 76.6 Å². The molecular formula is C23H33N3O2S. The fourth-order valence-electron chi connectivity index (χ4n) is 2.54. The minimum Gasteiger partial charge on any atom is -0.494 e. The lowest BCUT2D eigenvalue weighted by molar-refractivity contribution is 0.131. The molecule has 158 valence electrons. The largest absolute Gasteiger partial charge is 0.494 e. The van der Waals surface area contributed by atoms with E-state index < -0.39 is 0 Å². The first-order valence-electron chi connectivity index (χ1n) is 10.0. The SMILES string of the molecule is CCOCCC(C)(C)N.CCOc1ccc2nc(-c3ccc(NC)cc3)sc2c1. The summed E-state index contributed by atoms with van der Waals surface area (Å²) in [5, 5.41) is 4.16. The first kappa shape index (κ1) is 23.1. The number of benzene rings is 2. The zero-order valence-corrected chi connectivity index (χ0v) is 18.9. The Morgan fingerprint density at radius 3 is 2.38 bits per heavy atom. The van der Waals surface area contributed by atoms with Gasteiger partial charge in [0.2, 0.25) is 0 Å².